The van der Waals surface area contributed by atoms with Gasteiger partial charge < -0.3 is 19.5 Å². The highest BCUT2D eigenvalue weighted by Gasteiger charge is 2.15. The van der Waals surface area contributed by atoms with Crippen molar-refractivity contribution in [2.45, 2.75) is 0 Å². The van der Waals surface area contributed by atoms with E-state index in [1.54, 1.807) is 30.7 Å². The van der Waals surface area contributed by atoms with Crippen LogP contribution in [0.2, 0.25) is 0 Å². The van der Waals surface area contributed by atoms with Crippen LogP contribution < -0.4 is 14.8 Å². The third-order valence-corrected chi connectivity index (χ3v) is 4.13. The molecule has 0 aliphatic heterocycles. The van der Waals surface area contributed by atoms with Crippen LogP contribution in [0.1, 0.15) is 10.4 Å². The molecule has 0 spiro atoms. The number of carbonyl (C=O) groups excluding carboxylic acids is 1. The number of amides is 1. The number of carbonyl (C=O) groups is 1. The van der Waals surface area contributed by atoms with Crippen LogP contribution in [0.15, 0.2) is 47.3 Å². The Bertz CT molecular complexity index is 867. The third kappa shape index (κ3) is 4.16. The maximum atomic E-state index is 12.4. The summed E-state index contributed by atoms with van der Waals surface area (Å²) in [5.41, 5.74) is 1.88. The Labute approximate surface area is 154 Å². The second kappa shape index (κ2) is 8.41. The molecule has 0 aliphatic carbocycles. The van der Waals surface area contributed by atoms with Crippen LogP contribution in [0.25, 0.3) is 11.3 Å². The molecule has 0 radical (unpaired) electrons. The highest BCUT2D eigenvalue weighted by atomic mass is 32.1. The molecule has 0 bridgehead atoms. The minimum Gasteiger partial charge on any atom is -0.480 e. The van der Waals surface area contributed by atoms with E-state index in [0.717, 1.165) is 5.56 Å². The van der Waals surface area contributed by atoms with E-state index in [1.165, 1.54) is 24.6 Å². The number of hydrogen-bond donors (Lipinski definition) is 1. The van der Waals surface area contributed by atoms with Gasteiger partial charge in [-0.3, -0.25) is 4.79 Å². The lowest BCUT2D eigenvalue weighted by atomic mass is 10.1. The number of ether oxygens (including phenoxy) is 3. The van der Waals surface area contributed by atoms with Gasteiger partial charge in [-0.05, 0) is 35.7 Å². The van der Waals surface area contributed by atoms with Crippen molar-refractivity contribution in [2.24, 2.45) is 0 Å². The Morgan fingerprint density at radius 1 is 1.19 bits per heavy atom. The van der Waals surface area contributed by atoms with Gasteiger partial charge in [0.2, 0.25) is 5.88 Å². The van der Waals surface area contributed by atoms with E-state index in [2.05, 4.69) is 15.3 Å². The molecule has 1 aromatic carbocycles. The number of nitrogens with zero attached hydrogens (tertiary/aromatic N) is 2. The molecule has 0 aliphatic rings. The Kier molecular flexibility index (Phi) is 5.77. The Balaban J connectivity index is 1.89. The van der Waals surface area contributed by atoms with Crippen molar-refractivity contribution in [1.82, 2.24) is 9.97 Å². The van der Waals surface area contributed by atoms with E-state index >= 15 is 0 Å². The summed E-state index contributed by atoms with van der Waals surface area (Å²) in [7, 11) is 3.06. The van der Waals surface area contributed by atoms with Crippen LogP contribution in [0.4, 0.5) is 5.82 Å². The molecule has 0 saturated carbocycles. The maximum Gasteiger partial charge on any atom is 0.257 e. The van der Waals surface area contributed by atoms with E-state index < -0.39 is 0 Å². The number of aromatic nitrogens is 2. The van der Waals surface area contributed by atoms with Crippen LogP contribution in [-0.4, -0.2) is 36.9 Å². The lowest BCUT2D eigenvalue weighted by molar-refractivity contribution is 0.0511. The van der Waals surface area contributed by atoms with E-state index in [1.807, 2.05) is 17.5 Å². The van der Waals surface area contributed by atoms with Crippen LogP contribution in [0, 0.1) is 0 Å². The average molecular weight is 371 g/mol. The fraction of sp³-hybridized carbons (Fsp3) is 0.167. The van der Waals surface area contributed by atoms with Gasteiger partial charge in [0.05, 0.1) is 18.9 Å². The molecule has 1 N–H and O–H groups in total. The maximum absolute atomic E-state index is 12.4. The van der Waals surface area contributed by atoms with Crippen molar-refractivity contribution in [1.29, 1.82) is 0 Å². The molecular weight excluding hydrogens is 354 g/mol. The molecule has 2 heterocycles. The molecule has 26 heavy (non-hydrogen) atoms. The summed E-state index contributed by atoms with van der Waals surface area (Å²) < 4.78 is 15.4. The van der Waals surface area contributed by atoms with Crippen molar-refractivity contribution < 1.29 is 19.0 Å². The number of benzene rings is 1. The Morgan fingerprint density at radius 3 is 2.65 bits per heavy atom. The second-order valence-electron chi connectivity index (χ2n) is 5.15. The van der Waals surface area contributed by atoms with Crippen LogP contribution in [0.3, 0.4) is 0 Å². The van der Waals surface area contributed by atoms with E-state index in [-0.39, 0.29) is 12.7 Å². The van der Waals surface area contributed by atoms with Gasteiger partial charge >= 0.3 is 0 Å². The molecule has 0 fully saturated rings. The monoisotopic (exact) mass is 371 g/mol. The van der Waals surface area contributed by atoms with Crippen molar-refractivity contribution >= 4 is 23.1 Å². The molecule has 3 aromatic rings. The fourth-order valence-corrected chi connectivity index (χ4v) is 2.82. The number of nitrogens with one attached hydrogen (secondary N) is 1. The van der Waals surface area contributed by atoms with Crippen LogP contribution in [-0.2, 0) is 4.74 Å². The molecule has 0 unspecified atom stereocenters. The van der Waals surface area contributed by atoms with Gasteiger partial charge in [0.15, 0.2) is 12.6 Å². The largest absolute Gasteiger partial charge is 0.480 e. The molecule has 8 heteroatoms. The predicted molar refractivity (Wildman–Crippen MR) is 98.8 cm³/mol. The molecule has 2 aromatic heterocycles. The fourth-order valence-electron chi connectivity index (χ4n) is 2.18. The third-order valence-electron chi connectivity index (χ3n) is 3.45. The Morgan fingerprint density at radius 2 is 2.00 bits per heavy atom. The van der Waals surface area contributed by atoms with Gasteiger partial charge in [-0.15, -0.1) is 0 Å². The van der Waals surface area contributed by atoms with Gasteiger partial charge in [0.25, 0.3) is 5.91 Å². The van der Waals surface area contributed by atoms with Gasteiger partial charge in [-0.25, -0.2) is 4.98 Å². The summed E-state index contributed by atoms with van der Waals surface area (Å²) in [6.45, 7) is 0.170. The highest BCUT2D eigenvalue weighted by molar-refractivity contribution is 7.08. The summed E-state index contributed by atoms with van der Waals surface area (Å²) in [6.07, 6.45) is 1.50. The zero-order valence-electron chi connectivity index (χ0n) is 14.3. The average Bonchev–Trinajstić information content (AvgIpc) is 3.22. The predicted octanol–water partition coefficient (Wildman–Crippen LogP) is 3.45. The molecule has 7 nitrogen and oxygen atoms in total. The number of thiophene rings is 1. The van der Waals surface area contributed by atoms with Crippen molar-refractivity contribution in [2.75, 3.05) is 26.3 Å². The topological polar surface area (TPSA) is 82.6 Å². The van der Waals surface area contributed by atoms with Crippen LogP contribution >= 0.6 is 11.3 Å². The Hall–Kier alpha value is -2.97. The van der Waals surface area contributed by atoms with Gasteiger partial charge in [0, 0.05) is 18.1 Å². The smallest absolute Gasteiger partial charge is 0.257 e. The number of hydrogen-bond acceptors (Lipinski definition) is 7. The highest BCUT2D eigenvalue weighted by Crippen LogP contribution is 2.28. The van der Waals surface area contributed by atoms with Crippen molar-refractivity contribution in [3.8, 4) is 22.9 Å². The summed E-state index contributed by atoms with van der Waals surface area (Å²) >= 11 is 1.45. The second-order valence-corrected chi connectivity index (χ2v) is 5.93. The van der Waals surface area contributed by atoms with Gasteiger partial charge in [-0.2, -0.15) is 16.3 Å². The summed E-state index contributed by atoms with van der Waals surface area (Å²) in [5, 5.41) is 6.41. The first-order valence-electron chi connectivity index (χ1n) is 7.68. The first-order valence-corrected chi connectivity index (χ1v) is 8.62. The standard InChI is InChI=1S/C18H17N3O4S/c1-23-11-25-14-5-3-12(4-6-14)16-17(20-15(24-2)9-19-16)21-18(22)13-7-8-26-10-13/h3-10H,11H2,1-2H3,(H,20,21,22). The minimum absolute atomic E-state index is 0.170. The van der Waals surface area contributed by atoms with E-state index in [4.69, 9.17) is 14.2 Å². The van der Waals surface area contributed by atoms with Crippen molar-refractivity contribution in [3.05, 3.63) is 52.9 Å². The molecule has 3 rings (SSSR count). The zero-order chi connectivity index (χ0) is 18.4. The van der Waals surface area contributed by atoms with E-state index in [0.29, 0.717) is 28.7 Å². The summed E-state index contributed by atoms with van der Waals surface area (Å²) in [5.74, 6) is 1.05. The number of rotatable bonds is 7. The normalized spacial score (nSPS) is 10.4. The molecular formula is C18H17N3O4S. The number of methoxy groups -OCH3 is 2. The summed E-state index contributed by atoms with van der Waals surface area (Å²) in [6, 6.07) is 9.01. The first kappa shape index (κ1) is 17.8. The van der Waals surface area contributed by atoms with Gasteiger partial charge in [-0.1, -0.05) is 0 Å². The molecule has 0 saturated heterocycles. The van der Waals surface area contributed by atoms with Gasteiger partial charge in [0.1, 0.15) is 11.4 Å². The van der Waals surface area contributed by atoms with Crippen LogP contribution in [0.5, 0.6) is 11.6 Å². The lowest BCUT2D eigenvalue weighted by Gasteiger charge is -2.11. The SMILES string of the molecule is COCOc1ccc(-c2ncc(OC)nc2NC(=O)c2ccsc2)cc1. The summed E-state index contributed by atoms with van der Waals surface area (Å²) in [4.78, 5) is 21.1. The minimum atomic E-state index is -0.255. The molecule has 134 valence electrons. The molecule has 0 atom stereocenters. The lowest BCUT2D eigenvalue weighted by Crippen LogP contribution is -2.14. The first-order chi connectivity index (χ1) is 12.7. The quantitative estimate of drug-likeness (QED) is 0.641. The zero-order valence-corrected chi connectivity index (χ0v) is 15.1. The number of anilines is 1. The van der Waals surface area contributed by atoms with Crippen molar-refractivity contribution in [3.63, 3.8) is 0 Å². The molecule has 1 amide bonds. The van der Waals surface area contributed by atoms with E-state index in [9.17, 15) is 4.79 Å².